The normalized spacial score (nSPS) is 10.0. The lowest BCUT2D eigenvalue weighted by Crippen LogP contribution is -1.99. The number of nitrogens with zero attached hydrogens (tertiary/aromatic N) is 2. The average molecular weight is 248 g/mol. The summed E-state index contributed by atoms with van der Waals surface area (Å²) in [5.41, 5.74) is 0.688. The molecule has 1 aromatic carbocycles. The first kappa shape index (κ1) is 11.6. The van der Waals surface area contributed by atoms with Gasteiger partial charge >= 0.3 is 11.8 Å². The molecule has 1 heterocycles. The topological polar surface area (TPSA) is 121 Å². The van der Waals surface area contributed by atoms with Crippen molar-refractivity contribution in [2.75, 3.05) is 5.32 Å². The molecule has 18 heavy (non-hydrogen) atoms. The van der Waals surface area contributed by atoms with Crippen molar-refractivity contribution in [1.29, 1.82) is 0 Å². The zero-order valence-corrected chi connectivity index (χ0v) is 8.95. The number of carboxylic acid groups (broad SMARTS) is 1. The molecule has 0 saturated carbocycles. The van der Waals surface area contributed by atoms with Crippen LogP contribution < -0.4 is 5.32 Å². The van der Waals surface area contributed by atoms with Crippen LogP contribution in [0.5, 0.6) is 0 Å². The van der Waals surface area contributed by atoms with Crippen LogP contribution in [0.2, 0.25) is 0 Å². The van der Waals surface area contributed by atoms with E-state index < -0.39 is 10.9 Å². The number of aromatic carboxylic acids is 1. The molecule has 0 aliphatic carbocycles. The highest BCUT2D eigenvalue weighted by Gasteiger charge is 2.15. The van der Waals surface area contributed by atoms with E-state index in [0.29, 0.717) is 5.69 Å². The first-order valence-electron chi connectivity index (χ1n) is 4.86. The summed E-state index contributed by atoms with van der Waals surface area (Å²) in [6.45, 7) is 0. The van der Waals surface area contributed by atoms with Crippen molar-refractivity contribution in [3.05, 3.63) is 46.1 Å². The summed E-state index contributed by atoms with van der Waals surface area (Å²) < 4.78 is 0. The van der Waals surface area contributed by atoms with Crippen LogP contribution in [-0.4, -0.2) is 26.2 Å². The molecule has 0 fully saturated rings. The van der Waals surface area contributed by atoms with Gasteiger partial charge in [0.15, 0.2) is 5.69 Å². The second kappa shape index (κ2) is 4.53. The maximum atomic E-state index is 10.8. The number of hydrogen-bond acceptors (Lipinski definition) is 5. The predicted molar refractivity (Wildman–Crippen MR) is 61.9 cm³/mol. The quantitative estimate of drug-likeness (QED) is 0.559. The lowest BCUT2D eigenvalue weighted by atomic mass is 10.2. The number of rotatable bonds is 4. The second-order valence-electron chi connectivity index (χ2n) is 3.40. The molecule has 92 valence electrons. The van der Waals surface area contributed by atoms with Crippen molar-refractivity contribution in [1.82, 2.24) is 10.2 Å². The Hall–Kier alpha value is -2.90. The number of carbonyl (C=O) groups is 1. The maximum Gasteiger partial charge on any atom is 0.366 e. The summed E-state index contributed by atoms with van der Waals surface area (Å²) in [5.74, 6) is -1.35. The standard InChI is InChI=1S/C10H8N4O4/c15-10(16)6-2-1-3-7(4-6)12-8-5-11-13-9(8)14(17)18/h1-5,12H,(H,11,13)(H,15,16). The van der Waals surface area contributed by atoms with Gasteiger partial charge in [-0.3, -0.25) is 0 Å². The number of hydrogen-bond donors (Lipinski definition) is 3. The molecule has 2 rings (SSSR count). The Labute approximate surface area is 100 Å². The molecule has 8 nitrogen and oxygen atoms in total. The molecular weight excluding hydrogens is 240 g/mol. The van der Waals surface area contributed by atoms with E-state index in [2.05, 4.69) is 15.5 Å². The van der Waals surface area contributed by atoms with Crippen LogP contribution in [0.15, 0.2) is 30.5 Å². The zero-order chi connectivity index (χ0) is 13.1. The van der Waals surface area contributed by atoms with Crippen molar-refractivity contribution in [3.63, 3.8) is 0 Å². The van der Waals surface area contributed by atoms with Gasteiger partial charge in [-0.15, -0.1) is 5.10 Å². The van der Waals surface area contributed by atoms with E-state index in [-0.39, 0.29) is 17.1 Å². The van der Waals surface area contributed by atoms with Gasteiger partial charge in [0.25, 0.3) is 0 Å². The van der Waals surface area contributed by atoms with E-state index in [0.717, 1.165) is 0 Å². The molecule has 0 amide bonds. The number of benzene rings is 1. The summed E-state index contributed by atoms with van der Waals surface area (Å²) in [6.07, 6.45) is 1.26. The van der Waals surface area contributed by atoms with Gasteiger partial charge in [-0.1, -0.05) is 11.2 Å². The lowest BCUT2D eigenvalue weighted by molar-refractivity contribution is -0.388. The number of aromatic nitrogens is 2. The van der Waals surface area contributed by atoms with Crippen molar-refractivity contribution >= 4 is 23.2 Å². The van der Waals surface area contributed by atoms with Gasteiger partial charge in [-0.05, 0) is 23.1 Å². The predicted octanol–water partition coefficient (Wildman–Crippen LogP) is 1.76. The Balaban J connectivity index is 2.28. The minimum atomic E-state index is -1.07. The highest BCUT2D eigenvalue weighted by atomic mass is 16.6. The Bertz CT molecular complexity index is 607. The van der Waals surface area contributed by atoms with E-state index in [1.165, 1.54) is 24.4 Å². The molecule has 0 spiro atoms. The van der Waals surface area contributed by atoms with Gasteiger partial charge in [0.05, 0.1) is 5.56 Å². The number of aromatic amines is 1. The van der Waals surface area contributed by atoms with E-state index in [1.807, 2.05) is 0 Å². The Morgan fingerprint density at radius 3 is 2.94 bits per heavy atom. The van der Waals surface area contributed by atoms with Gasteiger partial charge in [0.2, 0.25) is 0 Å². The second-order valence-corrected chi connectivity index (χ2v) is 3.40. The largest absolute Gasteiger partial charge is 0.478 e. The van der Waals surface area contributed by atoms with Crippen LogP contribution in [0.1, 0.15) is 10.4 Å². The highest BCUT2D eigenvalue weighted by Crippen LogP contribution is 2.24. The Kier molecular flexibility index (Phi) is 2.92. The van der Waals surface area contributed by atoms with Crippen LogP contribution in [-0.2, 0) is 0 Å². The lowest BCUT2D eigenvalue weighted by Gasteiger charge is -2.04. The fraction of sp³-hybridized carbons (Fsp3) is 0. The molecule has 0 aliphatic rings. The fourth-order valence-corrected chi connectivity index (χ4v) is 1.40. The monoisotopic (exact) mass is 248 g/mol. The molecule has 2 aromatic rings. The highest BCUT2D eigenvalue weighted by molar-refractivity contribution is 5.89. The van der Waals surface area contributed by atoms with E-state index in [4.69, 9.17) is 5.11 Å². The molecule has 0 unspecified atom stereocenters. The van der Waals surface area contributed by atoms with Crippen LogP contribution in [0.3, 0.4) is 0 Å². The average Bonchev–Trinajstić information content (AvgIpc) is 2.77. The SMILES string of the molecule is O=C(O)c1cccc(Nc2cn[nH]c2[N+](=O)[O-])c1. The van der Waals surface area contributed by atoms with Crippen LogP contribution >= 0.6 is 0 Å². The molecule has 0 bridgehead atoms. The van der Waals surface area contributed by atoms with Crippen molar-refractivity contribution in [2.45, 2.75) is 0 Å². The summed E-state index contributed by atoms with van der Waals surface area (Å²) >= 11 is 0. The molecule has 0 aliphatic heterocycles. The minimum absolute atomic E-state index is 0.0890. The summed E-state index contributed by atoms with van der Waals surface area (Å²) in [5, 5.41) is 28.0. The van der Waals surface area contributed by atoms with Gasteiger partial charge in [-0.2, -0.15) is 0 Å². The number of anilines is 2. The summed E-state index contributed by atoms with van der Waals surface area (Å²) in [6, 6.07) is 5.94. The van der Waals surface area contributed by atoms with Crippen molar-refractivity contribution < 1.29 is 14.8 Å². The summed E-state index contributed by atoms with van der Waals surface area (Å²) in [4.78, 5) is 20.8. The van der Waals surface area contributed by atoms with Gasteiger partial charge < -0.3 is 20.5 Å². The number of nitro groups is 1. The Morgan fingerprint density at radius 1 is 1.50 bits per heavy atom. The Morgan fingerprint density at radius 2 is 2.28 bits per heavy atom. The van der Waals surface area contributed by atoms with Gasteiger partial charge in [0.1, 0.15) is 6.20 Å². The van der Waals surface area contributed by atoms with Crippen LogP contribution in [0, 0.1) is 10.1 Å². The molecule has 0 radical (unpaired) electrons. The van der Waals surface area contributed by atoms with E-state index in [9.17, 15) is 14.9 Å². The summed E-state index contributed by atoms with van der Waals surface area (Å²) in [7, 11) is 0. The molecule has 1 aromatic heterocycles. The zero-order valence-electron chi connectivity index (χ0n) is 8.95. The molecule has 0 atom stereocenters. The number of nitrogens with one attached hydrogen (secondary N) is 2. The first-order chi connectivity index (χ1) is 8.58. The smallest absolute Gasteiger partial charge is 0.366 e. The third-order valence-electron chi connectivity index (χ3n) is 2.19. The number of H-pyrrole nitrogens is 1. The molecule has 8 heteroatoms. The van der Waals surface area contributed by atoms with Crippen LogP contribution in [0.4, 0.5) is 17.2 Å². The third-order valence-corrected chi connectivity index (χ3v) is 2.19. The van der Waals surface area contributed by atoms with Gasteiger partial charge in [0, 0.05) is 5.69 Å². The van der Waals surface area contributed by atoms with Gasteiger partial charge in [-0.25, -0.2) is 4.79 Å². The molecule has 0 saturated heterocycles. The van der Waals surface area contributed by atoms with Crippen molar-refractivity contribution in [2.24, 2.45) is 0 Å². The van der Waals surface area contributed by atoms with E-state index in [1.54, 1.807) is 6.07 Å². The first-order valence-corrected chi connectivity index (χ1v) is 4.86. The van der Waals surface area contributed by atoms with Crippen LogP contribution in [0.25, 0.3) is 0 Å². The maximum absolute atomic E-state index is 10.8. The molecular formula is C10H8N4O4. The van der Waals surface area contributed by atoms with E-state index >= 15 is 0 Å². The minimum Gasteiger partial charge on any atom is -0.478 e. The number of carboxylic acids is 1. The fourth-order valence-electron chi connectivity index (χ4n) is 1.40. The molecule has 3 N–H and O–H groups in total. The van der Waals surface area contributed by atoms with Crippen molar-refractivity contribution in [3.8, 4) is 0 Å². The third kappa shape index (κ3) is 2.26.